The van der Waals surface area contributed by atoms with Gasteiger partial charge in [-0.1, -0.05) is 23.7 Å². The monoisotopic (exact) mass is 309 g/mol. The topological polar surface area (TPSA) is 41.3 Å². The van der Waals surface area contributed by atoms with Crippen LogP contribution in [0.3, 0.4) is 0 Å². The van der Waals surface area contributed by atoms with E-state index in [2.05, 4.69) is 9.88 Å². The van der Waals surface area contributed by atoms with Crippen molar-refractivity contribution >= 4 is 11.6 Å². The molecule has 0 bridgehead atoms. The van der Waals surface area contributed by atoms with Gasteiger partial charge in [-0.3, -0.25) is 4.90 Å². The molecule has 0 unspecified atom stereocenters. The van der Waals surface area contributed by atoms with Crippen molar-refractivity contribution in [2.24, 2.45) is 7.05 Å². The number of aliphatic hydroxyl groups is 1. The fraction of sp³-hybridized carbons (Fsp3) is 0.400. The molecule has 1 saturated heterocycles. The van der Waals surface area contributed by atoms with Gasteiger partial charge in [-0.15, -0.1) is 0 Å². The van der Waals surface area contributed by atoms with Crippen LogP contribution in [0.2, 0.25) is 5.15 Å². The molecular weight excluding hydrogens is 293 g/mol. The summed E-state index contributed by atoms with van der Waals surface area (Å²) in [4.78, 5) is 6.44. The van der Waals surface area contributed by atoms with Crippen LogP contribution in [0.1, 0.15) is 23.9 Å². The highest BCUT2D eigenvalue weighted by atomic mass is 35.5. The predicted octanol–water partition coefficient (Wildman–Crippen LogP) is 2.52. The molecule has 2 aromatic rings. The van der Waals surface area contributed by atoms with Crippen molar-refractivity contribution in [3.63, 3.8) is 0 Å². The third-order valence-electron chi connectivity index (χ3n) is 4.01. The molecule has 1 aromatic carbocycles. The minimum atomic E-state index is -0.379. The van der Waals surface area contributed by atoms with E-state index in [-0.39, 0.29) is 18.0 Å². The number of rotatable bonds is 3. The van der Waals surface area contributed by atoms with E-state index in [1.54, 1.807) is 18.3 Å². The largest absolute Gasteiger partial charge is 0.392 e. The Morgan fingerprint density at radius 3 is 2.71 bits per heavy atom. The number of likely N-dealkylation sites (tertiary alicyclic amines) is 1. The van der Waals surface area contributed by atoms with E-state index >= 15 is 0 Å². The maximum atomic E-state index is 13.1. The first-order chi connectivity index (χ1) is 10.0. The van der Waals surface area contributed by atoms with Crippen LogP contribution in [0.15, 0.2) is 30.5 Å². The number of benzene rings is 1. The first-order valence-corrected chi connectivity index (χ1v) is 7.26. The molecule has 0 saturated carbocycles. The average molecular weight is 310 g/mol. The molecule has 0 radical (unpaired) electrons. The molecule has 3 rings (SSSR count). The molecule has 1 aromatic heterocycles. The van der Waals surface area contributed by atoms with Crippen molar-refractivity contribution in [2.75, 3.05) is 6.54 Å². The van der Waals surface area contributed by atoms with Crippen LogP contribution in [0.4, 0.5) is 4.39 Å². The lowest BCUT2D eigenvalue weighted by molar-refractivity contribution is 0.171. The summed E-state index contributed by atoms with van der Waals surface area (Å²) in [5, 5.41) is 10.6. The van der Waals surface area contributed by atoms with Gasteiger partial charge in [0.05, 0.1) is 18.8 Å². The first-order valence-electron chi connectivity index (χ1n) is 6.88. The molecule has 4 nitrogen and oxygen atoms in total. The maximum Gasteiger partial charge on any atom is 0.128 e. The van der Waals surface area contributed by atoms with Crippen LogP contribution in [0.5, 0.6) is 0 Å². The number of halogens is 2. The molecule has 0 aliphatic carbocycles. The number of β-amino-alcohol motifs (C(OH)–C–C–N with tert-alkyl or cyclic N) is 1. The highest BCUT2D eigenvalue weighted by molar-refractivity contribution is 6.29. The second kappa shape index (κ2) is 5.75. The van der Waals surface area contributed by atoms with E-state index in [1.165, 1.54) is 12.1 Å². The second-order valence-electron chi connectivity index (χ2n) is 5.44. The van der Waals surface area contributed by atoms with Crippen LogP contribution >= 0.6 is 11.6 Å². The summed E-state index contributed by atoms with van der Waals surface area (Å²) in [7, 11) is 1.87. The van der Waals surface area contributed by atoms with Crippen LogP contribution in [0.25, 0.3) is 0 Å². The average Bonchev–Trinajstić information content (AvgIpc) is 2.97. The molecule has 0 spiro atoms. The zero-order valence-corrected chi connectivity index (χ0v) is 12.5. The molecular formula is C15H17ClFN3O. The third kappa shape index (κ3) is 2.95. The molecule has 112 valence electrons. The maximum absolute atomic E-state index is 13.1. The summed E-state index contributed by atoms with van der Waals surface area (Å²) in [5.41, 5.74) is 1.01. The number of hydrogen-bond acceptors (Lipinski definition) is 3. The second-order valence-corrected chi connectivity index (χ2v) is 5.83. The van der Waals surface area contributed by atoms with E-state index in [0.717, 1.165) is 11.4 Å². The van der Waals surface area contributed by atoms with Gasteiger partial charge < -0.3 is 9.67 Å². The van der Waals surface area contributed by atoms with Gasteiger partial charge in [-0.2, -0.15) is 0 Å². The van der Waals surface area contributed by atoms with E-state index in [1.807, 2.05) is 11.6 Å². The number of imidazole rings is 1. The quantitative estimate of drug-likeness (QED) is 0.947. The molecule has 1 N–H and O–H groups in total. The highest BCUT2D eigenvalue weighted by Gasteiger charge is 2.32. The van der Waals surface area contributed by atoms with Crippen molar-refractivity contribution < 1.29 is 9.50 Å². The number of nitrogens with zero attached hydrogens (tertiary/aromatic N) is 3. The first kappa shape index (κ1) is 14.5. The molecule has 2 heterocycles. The smallest absolute Gasteiger partial charge is 0.128 e. The Balaban J connectivity index is 1.82. The Morgan fingerprint density at radius 2 is 2.10 bits per heavy atom. The van der Waals surface area contributed by atoms with Gasteiger partial charge in [0.25, 0.3) is 0 Å². The summed E-state index contributed by atoms with van der Waals surface area (Å²) in [6.07, 6.45) is 1.89. The Bertz CT molecular complexity index is 628. The molecule has 2 atom stereocenters. The van der Waals surface area contributed by atoms with Gasteiger partial charge in [0.1, 0.15) is 16.8 Å². The normalized spacial score (nSPS) is 22.9. The van der Waals surface area contributed by atoms with E-state index in [0.29, 0.717) is 24.7 Å². The van der Waals surface area contributed by atoms with E-state index in [9.17, 15) is 9.50 Å². The number of hydrogen-bond donors (Lipinski definition) is 1. The summed E-state index contributed by atoms with van der Waals surface area (Å²) in [6.45, 7) is 1.18. The SMILES string of the molecule is Cn1c(Cl)cnc1CN1C[C@H](O)C[C@@H]1c1ccc(F)cc1. The summed E-state index contributed by atoms with van der Waals surface area (Å²) < 4.78 is 14.9. The van der Waals surface area contributed by atoms with Gasteiger partial charge >= 0.3 is 0 Å². The Hall–Kier alpha value is -1.43. The van der Waals surface area contributed by atoms with Crippen LogP contribution in [-0.2, 0) is 13.6 Å². The lowest BCUT2D eigenvalue weighted by Gasteiger charge is -2.24. The van der Waals surface area contributed by atoms with Crippen molar-refractivity contribution in [1.82, 2.24) is 14.5 Å². The van der Waals surface area contributed by atoms with Crippen molar-refractivity contribution in [3.8, 4) is 0 Å². The lowest BCUT2D eigenvalue weighted by Crippen LogP contribution is -2.25. The molecule has 1 aliphatic rings. The molecule has 6 heteroatoms. The van der Waals surface area contributed by atoms with Gasteiger partial charge in [0, 0.05) is 19.6 Å². The molecule has 1 fully saturated rings. The molecule has 1 aliphatic heterocycles. The minimum Gasteiger partial charge on any atom is -0.392 e. The third-order valence-corrected chi connectivity index (χ3v) is 4.36. The zero-order valence-electron chi connectivity index (χ0n) is 11.7. The number of aliphatic hydroxyl groups excluding tert-OH is 1. The minimum absolute atomic E-state index is 0.0658. The summed E-state index contributed by atoms with van der Waals surface area (Å²) in [5.74, 6) is 0.598. The summed E-state index contributed by atoms with van der Waals surface area (Å²) in [6, 6.07) is 6.52. The molecule has 0 amide bonds. The Morgan fingerprint density at radius 1 is 1.38 bits per heavy atom. The van der Waals surface area contributed by atoms with Gasteiger partial charge in [0.15, 0.2) is 0 Å². The fourth-order valence-electron chi connectivity index (χ4n) is 2.84. The zero-order chi connectivity index (χ0) is 15.0. The van der Waals surface area contributed by atoms with Crippen molar-refractivity contribution in [3.05, 3.63) is 52.8 Å². The lowest BCUT2D eigenvalue weighted by atomic mass is 10.0. The fourth-order valence-corrected chi connectivity index (χ4v) is 2.98. The highest BCUT2D eigenvalue weighted by Crippen LogP contribution is 2.33. The van der Waals surface area contributed by atoms with E-state index < -0.39 is 0 Å². The van der Waals surface area contributed by atoms with Gasteiger partial charge in [-0.25, -0.2) is 9.37 Å². The number of aromatic nitrogens is 2. The van der Waals surface area contributed by atoms with Crippen molar-refractivity contribution in [2.45, 2.75) is 25.1 Å². The predicted molar refractivity (Wildman–Crippen MR) is 78.4 cm³/mol. The standard InChI is InChI=1S/C15H17ClFN3O/c1-19-14(16)7-18-15(19)9-20-8-12(21)6-13(20)10-2-4-11(17)5-3-10/h2-5,7,12-13,21H,6,8-9H2,1H3/t12-,13-/m1/s1. The van der Waals surface area contributed by atoms with Crippen LogP contribution in [-0.4, -0.2) is 32.2 Å². The van der Waals surface area contributed by atoms with Crippen molar-refractivity contribution in [1.29, 1.82) is 0 Å². The van der Waals surface area contributed by atoms with E-state index in [4.69, 9.17) is 11.6 Å². The summed E-state index contributed by atoms with van der Waals surface area (Å²) >= 11 is 6.01. The Kier molecular flexibility index (Phi) is 3.97. The van der Waals surface area contributed by atoms with Crippen LogP contribution < -0.4 is 0 Å². The van der Waals surface area contributed by atoms with Gasteiger partial charge in [-0.05, 0) is 24.1 Å². The molecule has 21 heavy (non-hydrogen) atoms. The van der Waals surface area contributed by atoms with Gasteiger partial charge in [0.2, 0.25) is 0 Å². The van der Waals surface area contributed by atoms with Crippen LogP contribution in [0, 0.1) is 5.82 Å². The Labute approximate surface area is 127 Å².